The molecular weight excluding hydrogens is 376 g/mol. The molecule has 0 atom stereocenters. The number of amides is 1. The van der Waals surface area contributed by atoms with E-state index in [1.54, 1.807) is 7.11 Å². The van der Waals surface area contributed by atoms with E-state index in [4.69, 9.17) is 14.8 Å². The number of fused-ring (bicyclic) bond motifs is 1. The van der Waals surface area contributed by atoms with Crippen LogP contribution in [0.25, 0.3) is 16.7 Å². The second-order valence-electron chi connectivity index (χ2n) is 8.32. The van der Waals surface area contributed by atoms with E-state index < -0.39 is 0 Å². The summed E-state index contributed by atoms with van der Waals surface area (Å²) >= 11 is 0. The Morgan fingerprint density at radius 1 is 1.17 bits per heavy atom. The van der Waals surface area contributed by atoms with Crippen molar-refractivity contribution < 1.29 is 9.53 Å². The van der Waals surface area contributed by atoms with Gasteiger partial charge in [0.2, 0.25) is 11.8 Å². The van der Waals surface area contributed by atoms with E-state index in [0.29, 0.717) is 24.6 Å². The highest BCUT2D eigenvalue weighted by Gasteiger charge is 2.23. The van der Waals surface area contributed by atoms with Crippen molar-refractivity contribution in [1.29, 1.82) is 0 Å². The van der Waals surface area contributed by atoms with Crippen molar-refractivity contribution in [2.24, 2.45) is 5.92 Å². The number of aryl methyl sites for hydroxylation is 2. The fourth-order valence-electron chi connectivity index (χ4n) is 4.39. The van der Waals surface area contributed by atoms with Crippen LogP contribution in [0, 0.1) is 19.8 Å². The number of ether oxygens (including phenoxy) is 1. The molecule has 30 heavy (non-hydrogen) atoms. The Bertz CT molecular complexity index is 1050. The molecule has 1 fully saturated rings. The number of hydrogen-bond acceptors (Lipinski definition) is 4. The van der Waals surface area contributed by atoms with Crippen LogP contribution in [0.2, 0.25) is 0 Å². The lowest BCUT2D eigenvalue weighted by atomic mass is 9.98. The third-order valence-corrected chi connectivity index (χ3v) is 6.25. The van der Waals surface area contributed by atoms with Crippen LogP contribution >= 0.6 is 0 Å². The Labute approximate surface area is 177 Å². The van der Waals surface area contributed by atoms with Gasteiger partial charge in [-0.05, 0) is 56.7 Å². The summed E-state index contributed by atoms with van der Waals surface area (Å²) in [7, 11) is 1.64. The minimum atomic E-state index is 0.222. The van der Waals surface area contributed by atoms with Crippen LogP contribution in [-0.4, -0.2) is 45.8 Å². The van der Waals surface area contributed by atoms with Crippen LogP contribution in [0.4, 0.5) is 0 Å². The molecule has 0 N–H and O–H groups in total. The van der Waals surface area contributed by atoms with Crippen LogP contribution in [-0.2, 0) is 11.2 Å². The maximum atomic E-state index is 12.8. The van der Waals surface area contributed by atoms with E-state index in [1.807, 2.05) is 46.8 Å². The molecule has 0 bridgehead atoms. The molecule has 6 nitrogen and oxygen atoms in total. The first-order valence-corrected chi connectivity index (χ1v) is 10.8. The van der Waals surface area contributed by atoms with Crippen LogP contribution < -0.4 is 4.74 Å². The second-order valence-corrected chi connectivity index (χ2v) is 8.32. The van der Waals surface area contributed by atoms with Crippen molar-refractivity contribution in [3.63, 3.8) is 0 Å². The predicted octanol–water partition coefficient (Wildman–Crippen LogP) is 4.24. The molecule has 0 spiro atoms. The number of hydrogen-bond donors (Lipinski definition) is 0. The zero-order valence-corrected chi connectivity index (χ0v) is 18.3. The molecule has 2 aromatic heterocycles. The van der Waals surface area contributed by atoms with Gasteiger partial charge in [0.1, 0.15) is 0 Å². The molecule has 3 aromatic rings. The predicted molar refractivity (Wildman–Crippen MR) is 118 cm³/mol. The quantitative estimate of drug-likeness (QED) is 0.636. The van der Waals surface area contributed by atoms with Gasteiger partial charge in [-0.3, -0.25) is 4.79 Å². The number of carbonyl (C=O) groups excluding carboxylic acids is 1. The van der Waals surface area contributed by atoms with Gasteiger partial charge in [0.25, 0.3) is 0 Å². The second kappa shape index (κ2) is 8.46. The molecule has 1 aliphatic rings. The number of para-hydroxylation sites is 1. The maximum absolute atomic E-state index is 12.8. The summed E-state index contributed by atoms with van der Waals surface area (Å²) in [5, 5.41) is 5.77. The van der Waals surface area contributed by atoms with Crippen LogP contribution in [0.3, 0.4) is 0 Å². The van der Waals surface area contributed by atoms with E-state index >= 15 is 0 Å². The summed E-state index contributed by atoms with van der Waals surface area (Å²) in [5.41, 5.74) is 4.77. The van der Waals surface area contributed by atoms with Crippen molar-refractivity contribution in [3.8, 4) is 11.6 Å². The first-order valence-electron chi connectivity index (χ1n) is 10.8. The minimum Gasteiger partial charge on any atom is -0.481 e. The van der Waals surface area contributed by atoms with Gasteiger partial charge in [0, 0.05) is 30.5 Å². The van der Waals surface area contributed by atoms with E-state index in [1.165, 1.54) is 0 Å². The molecule has 158 valence electrons. The Morgan fingerprint density at radius 2 is 1.87 bits per heavy atom. The van der Waals surface area contributed by atoms with Gasteiger partial charge in [-0.1, -0.05) is 25.1 Å². The summed E-state index contributed by atoms with van der Waals surface area (Å²) in [4.78, 5) is 19.6. The lowest BCUT2D eigenvalue weighted by Crippen LogP contribution is -2.38. The number of piperidine rings is 1. The normalized spacial score (nSPS) is 15.0. The average molecular weight is 407 g/mol. The van der Waals surface area contributed by atoms with Gasteiger partial charge in [0.05, 0.1) is 18.5 Å². The van der Waals surface area contributed by atoms with Crippen LogP contribution in [0.15, 0.2) is 30.3 Å². The SMILES string of the molecule is COc1nc2c(c(C)nn2-c2ccccc2)c(C)c1CCC(=O)N1CCC(C)CC1. The number of rotatable bonds is 5. The average Bonchev–Trinajstić information content (AvgIpc) is 3.10. The van der Waals surface area contributed by atoms with E-state index in [-0.39, 0.29) is 5.91 Å². The van der Waals surface area contributed by atoms with E-state index in [2.05, 4.69) is 13.8 Å². The third-order valence-electron chi connectivity index (χ3n) is 6.25. The highest BCUT2D eigenvalue weighted by Crippen LogP contribution is 2.32. The minimum absolute atomic E-state index is 0.222. The lowest BCUT2D eigenvalue weighted by molar-refractivity contribution is -0.132. The zero-order chi connectivity index (χ0) is 21.3. The Hall–Kier alpha value is -2.89. The molecule has 6 heteroatoms. The Morgan fingerprint density at radius 3 is 2.53 bits per heavy atom. The standard InChI is InChI=1S/C24H30N4O2/c1-16-12-14-27(15-13-16)21(29)11-10-20-17(2)22-18(3)26-28(19-8-6-5-7-9-19)23(22)25-24(20)30-4/h5-9,16H,10-15H2,1-4H3. The smallest absolute Gasteiger partial charge is 0.222 e. The first-order chi connectivity index (χ1) is 14.5. The molecular formula is C24H30N4O2. The molecule has 0 saturated carbocycles. The summed E-state index contributed by atoms with van der Waals surface area (Å²) in [6, 6.07) is 10.00. The topological polar surface area (TPSA) is 60.3 Å². The van der Waals surface area contributed by atoms with Crippen molar-refractivity contribution in [2.75, 3.05) is 20.2 Å². The molecule has 0 aliphatic carbocycles. The van der Waals surface area contributed by atoms with Crippen LogP contribution in [0.5, 0.6) is 5.88 Å². The highest BCUT2D eigenvalue weighted by atomic mass is 16.5. The summed E-state index contributed by atoms with van der Waals surface area (Å²) in [5.74, 6) is 1.52. The molecule has 0 unspecified atom stereocenters. The summed E-state index contributed by atoms with van der Waals surface area (Å²) in [6.07, 6.45) is 3.29. The molecule has 1 amide bonds. The zero-order valence-electron chi connectivity index (χ0n) is 18.3. The van der Waals surface area contributed by atoms with Crippen molar-refractivity contribution in [1.82, 2.24) is 19.7 Å². The third kappa shape index (κ3) is 3.78. The van der Waals surface area contributed by atoms with Crippen molar-refractivity contribution in [2.45, 2.75) is 46.5 Å². The number of methoxy groups -OCH3 is 1. The number of benzene rings is 1. The number of nitrogens with zero attached hydrogens (tertiary/aromatic N) is 4. The molecule has 1 saturated heterocycles. The van der Waals surface area contributed by atoms with Gasteiger partial charge in [-0.15, -0.1) is 0 Å². The number of aromatic nitrogens is 3. The van der Waals surface area contributed by atoms with Gasteiger partial charge in [0.15, 0.2) is 5.65 Å². The number of likely N-dealkylation sites (tertiary alicyclic amines) is 1. The number of carbonyl (C=O) groups is 1. The van der Waals surface area contributed by atoms with E-state index in [9.17, 15) is 4.79 Å². The fourth-order valence-corrected chi connectivity index (χ4v) is 4.39. The Balaban J connectivity index is 1.65. The molecule has 1 aliphatic heterocycles. The largest absolute Gasteiger partial charge is 0.481 e. The van der Waals surface area contributed by atoms with Gasteiger partial charge < -0.3 is 9.64 Å². The molecule has 1 aromatic carbocycles. The maximum Gasteiger partial charge on any atom is 0.222 e. The fraction of sp³-hybridized carbons (Fsp3) is 0.458. The summed E-state index contributed by atoms with van der Waals surface area (Å²) < 4.78 is 7.51. The molecule has 3 heterocycles. The monoisotopic (exact) mass is 406 g/mol. The highest BCUT2D eigenvalue weighted by molar-refractivity contribution is 5.86. The van der Waals surface area contributed by atoms with Crippen molar-refractivity contribution >= 4 is 16.9 Å². The van der Waals surface area contributed by atoms with Gasteiger partial charge in [-0.25, -0.2) is 4.68 Å². The number of pyridine rings is 1. The van der Waals surface area contributed by atoms with E-state index in [0.717, 1.165) is 59.5 Å². The summed E-state index contributed by atoms with van der Waals surface area (Å²) in [6.45, 7) is 8.09. The van der Waals surface area contributed by atoms with Crippen molar-refractivity contribution in [3.05, 3.63) is 47.2 Å². The molecule has 4 rings (SSSR count). The first kappa shape index (κ1) is 20.4. The van der Waals surface area contributed by atoms with Gasteiger partial charge in [-0.2, -0.15) is 10.1 Å². The van der Waals surface area contributed by atoms with Gasteiger partial charge >= 0.3 is 0 Å². The Kier molecular flexibility index (Phi) is 5.75. The lowest BCUT2D eigenvalue weighted by Gasteiger charge is -2.30. The van der Waals surface area contributed by atoms with Crippen LogP contribution in [0.1, 0.15) is 43.0 Å². The molecule has 0 radical (unpaired) electrons.